The first-order valence-electron chi connectivity index (χ1n) is 6.06. The highest BCUT2D eigenvalue weighted by atomic mass is 16.5. The largest absolute Gasteiger partial charge is 0.485 e. The van der Waals surface area contributed by atoms with E-state index in [0.717, 1.165) is 24.2 Å². The summed E-state index contributed by atoms with van der Waals surface area (Å²) in [6.07, 6.45) is 10.3. The maximum atomic E-state index is 9.65. The van der Waals surface area contributed by atoms with Gasteiger partial charge in [-0.05, 0) is 25.0 Å². The van der Waals surface area contributed by atoms with Crippen LogP contribution in [0.2, 0.25) is 0 Å². The number of hydrogen-bond acceptors (Lipinski definition) is 2. The van der Waals surface area contributed by atoms with Crippen molar-refractivity contribution in [3.05, 3.63) is 48.1 Å². The normalized spacial score (nSPS) is 30.1. The number of para-hydroxylation sites is 1. The van der Waals surface area contributed by atoms with Gasteiger partial charge in [-0.1, -0.05) is 36.4 Å². The molecule has 17 heavy (non-hydrogen) atoms. The summed E-state index contributed by atoms with van der Waals surface area (Å²) >= 11 is 0. The van der Waals surface area contributed by atoms with E-state index in [0.29, 0.717) is 0 Å². The predicted octanol–water partition coefficient (Wildman–Crippen LogP) is 2.79. The van der Waals surface area contributed by atoms with Crippen molar-refractivity contribution in [3.8, 4) is 5.75 Å². The molecule has 0 fully saturated rings. The lowest BCUT2D eigenvalue weighted by atomic mass is 9.81. The molecule has 88 valence electrons. The molecule has 0 saturated carbocycles. The van der Waals surface area contributed by atoms with Crippen molar-refractivity contribution in [2.45, 2.75) is 18.9 Å². The SMILES string of the molecule is OC[C@@]1([C@@H]2C=Cc3ccccc3O2)C=CCC1. The van der Waals surface area contributed by atoms with E-state index >= 15 is 0 Å². The number of allylic oxidation sites excluding steroid dienone is 1. The number of aliphatic hydroxyl groups is 1. The van der Waals surface area contributed by atoms with Gasteiger partial charge in [0, 0.05) is 5.56 Å². The first-order valence-corrected chi connectivity index (χ1v) is 6.06. The monoisotopic (exact) mass is 228 g/mol. The molecule has 0 bridgehead atoms. The van der Waals surface area contributed by atoms with Crippen molar-refractivity contribution in [1.29, 1.82) is 0 Å². The predicted molar refractivity (Wildman–Crippen MR) is 67.8 cm³/mol. The average molecular weight is 228 g/mol. The maximum absolute atomic E-state index is 9.65. The molecule has 2 aliphatic rings. The Morgan fingerprint density at radius 3 is 3.00 bits per heavy atom. The van der Waals surface area contributed by atoms with Crippen LogP contribution in [0.3, 0.4) is 0 Å². The molecule has 2 atom stereocenters. The smallest absolute Gasteiger partial charge is 0.128 e. The number of ether oxygens (including phenoxy) is 1. The lowest BCUT2D eigenvalue weighted by molar-refractivity contribution is 0.0604. The molecule has 0 aromatic heterocycles. The molecule has 0 unspecified atom stereocenters. The Hall–Kier alpha value is -1.54. The van der Waals surface area contributed by atoms with Crippen molar-refractivity contribution in [1.82, 2.24) is 0 Å². The fraction of sp³-hybridized carbons (Fsp3) is 0.333. The van der Waals surface area contributed by atoms with Crippen molar-refractivity contribution < 1.29 is 9.84 Å². The Bertz CT molecular complexity index is 476. The van der Waals surface area contributed by atoms with E-state index in [1.165, 1.54) is 0 Å². The van der Waals surface area contributed by atoms with E-state index in [1.54, 1.807) is 0 Å². The van der Waals surface area contributed by atoms with Crippen LogP contribution >= 0.6 is 0 Å². The van der Waals surface area contributed by atoms with Gasteiger partial charge in [0.25, 0.3) is 0 Å². The van der Waals surface area contributed by atoms with Gasteiger partial charge < -0.3 is 9.84 Å². The molecular formula is C15H16O2. The van der Waals surface area contributed by atoms with E-state index in [2.05, 4.69) is 24.3 Å². The first-order chi connectivity index (χ1) is 8.34. The zero-order chi connectivity index (χ0) is 11.7. The molecular weight excluding hydrogens is 212 g/mol. The van der Waals surface area contributed by atoms with E-state index < -0.39 is 0 Å². The minimum absolute atomic E-state index is 0.0545. The summed E-state index contributed by atoms with van der Waals surface area (Å²) in [6.45, 7) is 0.140. The molecule has 1 N–H and O–H groups in total. The van der Waals surface area contributed by atoms with Gasteiger partial charge >= 0.3 is 0 Å². The Balaban J connectivity index is 1.92. The first kappa shape index (κ1) is 10.6. The quantitative estimate of drug-likeness (QED) is 0.789. The molecule has 0 radical (unpaired) electrons. The second-order valence-electron chi connectivity index (χ2n) is 4.77. The summed E-state index contributed by atoms with van der Waals surface area (Å²) in [5, 5.41) is 9.65. The van der Waals surface area contributed by atoms with Crippen molar-refractivity contribution in [2.75, 3.05) is 6.61 Å². The Morgan fingerprint density at radius 2 is 2.24 bits per heavy atom. The second kappa shape index (κ2) is 4.04. The molecule has 3 rings (SSSR count). The summed E-state index contributed by atoms with van der Waals surface area (Å²) in [6, 6.07) is 8.00. The highest BCUT2D eigenvalue weighted by Crippen LogP contribution is 2.40. The lowest BCUT2D eigenvalue weighted by Crippen LogP contribution is -2.39. The van der Waals surface area contributed by atoms with Crippen molar-refractivity contribution in [2.24, 2.45) is 5.41 Å². The zero-order valence-corrected chi connectivity index (χ0v) is 9.67. The zero-order valence-electron chi connectivity index (χ0n) is 9.67. The average Bonchev–Trinajstić information content (AvgIpc) is 2.88. The van der Waals surface area contributed by atoms with E-state index in [9.17, 15) is 5.11 Å². The fourth-order valence-corrected chi connectivity index (χ4v) is 2.61. The second-order valence-corrected chi connectivity index (χ2v) is 4.77. The Morgan fingerprint density at radius 1 is 1.35 bits per heavy atom. The number of benzene rings is 1. The third-order valence-corrected chi connectivity index (χ3v) is 3.71. The minimum atomic E-state index is -0.232. The molecule has 1 aromatic carbocycles. The lowest BCUT2D eigenvalue weighted by Gasteiger charge is -2.35. The highest BCUT2D eigenvalue weighted by Gasteiger charge is 2.39. The van der Waals surface area contributed by atoms with Gasteiger partial charge in [0.2, 0.25) is 0 Å². The third-order valence-electron chi connectivity index (χ3n) is 3.71. The molecule has 1 aromatic rings. The van der Waals surface area contributed by atoms with Gasteiger partial charge in [0.05, 0.1) is 12.0 Å². The molecule has 0 spiro atoms. The van der Waals surface area contributed by atoms with Crippen LogP contribution in [0.1, 0.15) is 18.4 Å². The summed E-state index contributed by atoms with van der Waals surface area (Å²) in [4.78, 5) is 0. The summed E-state index contributed by atoms with van der Waals surface area (Å²) < 4.78 is 6.01. The van der Waals surface area contributed by atoms with Crippen LogP contribution in [-0.2, 0) is 0 Å². The van der Waals surface area contributed by atoms with Crippen LogP contribution in [0.25, 0.3) is 6.08 Å². The van der Waals surface area contributed by atoms with E-state index in [1.807, 2.05) is 24.3 Å². The van der Waals surface area contributed by atoms with Crippen LogP contribution in [-0.4, -0.2) is 17.8 Å². The molecule has 2 heteroatoms. The van der Waals surface area contributed by atoms with Crippen LogP contribution in [0.15, 0.2) is 42.5 Å². The van der Waals surface area contributed by atoms with Gasteiger partial charge in [-0.15, -0.1) is 0 Å². The van der Waals surface area contributed by atoms with Gasteiger partial charge in [-0.2, -0.15) is 0 Å². The summed E-state index contributed by atoms with van der Waals surface area (Å²) in [5.41, 5.74) is 0.878. The maximum Gasteiger partial charge on any atom is 0.128 e. The van der Waals surface area contributed by atoms with Crippen LogP contribution in [0.4, 0.5) is 0 Å². The standard InChI is InChI=1S/C15H16O2/c16-11-15(9-3-4-10-15)14-8-7-12-5-1-2-6-13(12)17-14/h1-3,5-9,14,16H,4,10-11H2/t14-,15+/m0/s1. The van der Waals surface area contributed by atoms with Crippen LogP contribution in [0, 0.1) is 5.41 Å². The topological polar surface area (TPSA) is 29.5 Å². The van der Waals surface area contributed by atoms with Gasteiger partial charge in [-0.25, -0.2) is 0 Å². The van der Waals surface area contributed by atoms with Gasteiger partial charge in [-0.3, -0.25) is 0 Å². The molecule has 1 heterocycles. The fourth-order valence-electron chi connectivity index (χ4n) is 2.61. The molecule has 0 amide bonds. The number of aliphatic hydroxyl groups excluding tert-OH is 1. The van der Waals surface area contributed by atoms with E-state index in [4.69, 9.17) is 4.74 Å². The molecule has 0 saturated heterocycles. The van der Waals surface area contributed by atoms with Gasteiger partial charge in [0.1, 0.15) is 11.9 Å². The van der Waals surface area contributed by atoms with Gasteiger partial charge in [0.15, 0.2) is 0 Å². The molecule has 1 aliphatic carbocycles. The number of hydrogen-bond donors (Lipinski definition) is 1. The summed E-state index contributed by atoms with van der Waals surface area (Å²) in [7, 11) is 0. The van der Waals surface area contributed by atoms with Crippen molar-refractivity contribution in [3.63, 3.8) is 0 Å². The number of fused-ring (bicyclic) bond motifs is 1. The number of rotatable bonds is 2. The Kier molecular flexibility index (Phi) is 2.52. The van der Waals surface area contributed by atoms with Crippen LogP contribution in [0.5, 0.6) is 5.75 Å². The highest BCUT2D eigenvalue weighted by molar-refractivity contribution is 5.60. The van der Waals surface area contributed by atoms with E-state index in [-0.39, 0.29) is 18.1 Å². The molecule has 1 aliphatic heterocycles. The van der Waals surface area contributed by atoms with Crippen molar-refractivity contribution >= 4 is 6.08 Å². The Labute approximate surface area is 101 Å². The van der Waals surface area contributed by atoms with Crippen LogP contribution < -0.4 is 4.74 Å². The minimum Gasteiger partial charge on any atom is -0.485 e. The third kappa shape index (κ3) is 1.69. The molecule has 2 nitrogen and oxygen atoms in total. The summed E-state index contributed by atoms with van der Waals surface area (Å²) in [5.74, 6) is 0.910.